The van der Waals surface area contributed by atoms with Crippen LogP contribution >= 0.6 is 0 Å². The van der Waals surface area contributed by atoms with Crippen molar-refractivity contribution in [3.63, 3.8) is 0 Å². The molecule has 0 aliphatic carbocycles. The average molecular weight is 140 g/mol. The standard InChI is InChI=1S/C7H12N2O/c1-2-6(3-8)7(10)4-9-5-7/h6,9-10H,2,4-5H2,1H3. The minimum atomic E-state index is -0.733. The van der Waals surface area contributed by atoms with Crippen LogP contribution in [0.4, 0.5) is 0 Å². The van der Waals surface area contributed by atoms with Crippen molar-refractivity contribution in [2.24, 2.45) is 5.92 Å². The van der Waals surface area contributed by atoms with Crippen LogP contribution < -0.4 is 5.32 Å². The second kappa shape index (κ2) is 2.57. The Kier molecular flexibility index (Phi) is 1.93. The Morgan fingerprint density at radius 2 is 2.40 bits per heavy atom. The molecule has 0 spiro atoms. The van der Waals surface area contributed by atoms with E-state index in [9.17, 15) is 5.11 Å². The zero-order chi connectivity index (χ0) is 7.61. The van der Waals surface area contributed by atoms with E-state index < -0.39 is 5.60 Å². The molecule has 2 N–H and O–H groups in total. The summed E-state index contributed by atoms with van der Waals surface area (Å²) in [5, 5.41) is 21.1. The van der Waals surface area contributed by atoms with E-state index >= 15 is 0 Å². The lowest BCUT2D eigenvalue weighted by molar-refractivity contribution is -0.0443. The molecule has 1 atom stereocenters. The molecule has 1 rings (SSSR count). The van der Waals surface area contributed by atoms with Gasteiger partial charge in [-0.15, -0.1) is 0 Å². The lowest BCUT2D eigenvalue weighted by Crippen LogP contribution is -2.63. The van der Waals surface area contributed by atoms with Crippen molar-refractivity contribution in [1.82, 2.24) is 5.32 Å². The van der Waals surface area contributed by atoms with E-state index in [1.54, 1.807) is 0 Å². The summed E-state index contributed by atoms with van der Waals surface area (Å²) in [6.07, 6.45) is 0.731. The molecule has 1 aliphatic rings. The molecular formula is C7H12N2O. The molecule has 10 heavy (non-hydrogen) atoms. The third-order valence-electron chi connectivity index (χ3n) is 2.07. The molecule has 0 aromatic rings. The van der Waals surface area contributed by atoms with Crippen molar-refractivity contribution in [2.45, 2.75) is 18.9 Å². The fraction of sp³-hybridized carbons (Fsp3) is 0.857. The van der Waals surface area contributed by atoms with Crippen LogP contribution in [0.2, 0.25) is 0 Å². The molecule has 0 radical (unpaired) electrons. The molecule has 1 heterocycles. The summed E-state index contributed by atoms with van der Waals surface area (Å²) < 4.78 is 0. The quantitative estimate of drug-likeness (QED) is 0.561. The van der Waals surface area contributed by atoms with Crippen LogP contribution in [0.1, 0.15) is 13.3 Å². The Morgan fingerprint density at radius 3 is 2.50 bits per heavy atom. The SMILES string of the molecule is CCC(C#N)C1(O)CNC1. The van der Waals surface area contributed by atoms with E-state index in [1.165, 1.54) is 0 Å². The molecule has 1 unspecified atom stereocenters. The first-order chi connectivity index (χ1) is 4.73. The first kappa shape index (κ1) is 7.52. The number of nitrogens with one attached hydrogen (secondary N) is 1. The maximum atomic E-state index is 9.58. The second-order valence-corrected chi connectivity index (χ2v) is 2.80. The highest BCUT2D eigenvalue weighted by Crippen LogP contribution is 2.23. The van der Waals surface area contributed by atoms with E-state index in [2.05, 4.69) is 11.4 Å². The van der Waals surface area contributed by atoms with E-state index in [-0.39, 0.29) is 5.92 Å². The van der Waals surface area contributed by atoms with E-state index in [0.717, 1.165) is 6.42 Å². The molecule has 0 amide bonds. The lowest BCUT2D eigenvalue weighted by atomic mass is 9.82. The van der Waals surface area contributed by atoms with Crippen molar-refractivity contribution in [2.75, 3.05) is 13.1 Å². The molecule has 1 aliphatic heterocycles. The normalized spacial score (nSPS) is 24.5. The van der Waals surface area contributed by atoms with E-state index in [1.807, 2.05) is 6.92 Å². The van der Waals surface area contributed by atoms with Gasteiger partial charge in [0.05, 0.1) is 12.0 Å². The van der Waals surface area contributed by atoms with E-state index in [4.69, 9.17) is 5.26 Å². The number of β-amino-alcohol motifs (C(OH)–C–C–N with tert-alkyl or cyclic N) is 1. The Labute approximate surface area is 60.7 Å². The van der Waals surface area contributed by atoms with Crippen LogP contribution in [0.25, 0.3) is 0 Å². The van der Waals surface area contributed by atoms with Gasteiger partial charge in [0.15, 0.2) is 0 Å². The summed E-state index contributed by atoms with van der Waals surface area (Å²) >= 11 is 0. The number of nitriles is 1. The van der Waals surface area contributed by atoms with Crippen molar-refractivity contribution >= 4 is 0 Å². The van der Waals surface area contributed by atoms with Crippen LogP contribution in [-0.2, 0) is 0 Å². The van der Waals surface area contributed by atoms with Crippen LogP contribution in [0.3, 0.4) is 0 Å². The van der Waals surface area contributed by atoms with Crippen LogP contribution in [0.5, 0.6) is 0 Å². The summed E-state index contributed by atoms with van der Waals surface area (Å²) in [4.78, 5) is 0. The number of nitrogens with zero attached hydrogens (tertiary/aromatic N) is 1. The Balaban J connectivity index is 2.53. The largest absolute Gasteiger partial charge is 0.386 e. The number of aliphatic hydroxyl groups is 1. The summed E-state index contributed by atoms with van der Waals surface area (Å²) in [6, 6.07) is 2.10. The summed E-state index contributed by atoms with van der Waals surface area (Å²) in [7, 11) is 0. The van der Waals surface area contributed by atoms with Gasteiger partial charge in [-0.2, -0.15) is 5.26 Å². The fourth-order valence-corrected chi connectivity index (χ4v) is 1.22. The second-order valence-electron chi connectivity index (χ2n) is 2.80. The van der Waals surface area contributed by atoms with Crippen molar-refractivity contribution in [1.29, 1.82) is 5.26 Å². The maximum absolute atomic E-state index is 9.58. The first-order valence-corrected chi connectivity index (χ1v) is 3.55. The van der Waals surface area contributed by atoms with Gasteiger partial charge in [-0.05, 0) is 6.42 Å². The smallest absolute Gasteiger partial charge is 0.105 e. The van der Waals surface area contributed by atoms with Gasteiger partial charge in [0.2, 0.25) is 0 Å². The highest BCUT2D eigenvalue weighted by atomic mass is 16.3. The molecule has 3 nitrogen and oxygen atoms in total. The van der Waals surface area contributed by atoms with Gasteiger partial charge in [0, 0.05) is 13.1 Å². The van der Waals surface area contributed by atoms with Crippen molar-refractivity contribution in [3.05, 3.63) is 0 Å². The molecular weight excluding hydrogens is 128 g/mol. The highest BCUT2D eigenvalue weighted by molar-refractivity contribution is 5.05. The van der Waals surface area contributed by atoms with Gasteiger partial charge in [-0.3, -0.25) is 0 Å². The average Bonchev–Trinajstić information content (AvgIpc) is 1.87. The Hall–Kier alpha value is -0.590. The Morgan fingerprint density at radius 1 is 1.80 bits per heavy atom. The van der Waals surface area contributed by atoms with Gasteiger partial charge in [-0.25, -0.2) is 0 Å². The predicted molar refractivity (Wildman–Crippen MR) is 37.2 cm³/mol. The molecule has 56 valence electrons. The molecule has 0 bridgehead atoms. The van der Waals surface area contributed by atoms with Gasteiger partial charge >= 0.3 is 0 Å². The lowest BCUT2D eigenvalue weighted by Gasteiger charge is -2.40. The molecule has 1 saturated heterocycles. The number of hydrogen-bond donors (Lipinski definition) is 2. The fourth-order valence-electron chi connectivity index (χ4n) is 1.22. The van der Waals surface area contributed by atoms with Gasteiger partial charge in [0.1, 0.15) is 5.60 Å². The molecule has 0 saturated carbocycles. The molecule has 0 aromatic carbocycles. The Bertz CT molecular complexity index is 157. The minimum absolute atomic E-state index is 0.200. The zero-order valence-electron chi connectivity index (χ0n) is 6.09. The molecule has 3 heteroatoms. The van der Waals surface area contributed by atoms with Crippen LogP contribution in [-0.4, -0.2) is 23.8 Å². The first-order valence-electron chi connectivity index (χ1n) is 3.55. The van der Waals surface area contributed by atoms with Gasteiger partial charge < -0.3 is 10.4 Å². The topological polar surface area (TPSA) is 56.0 Å². The van der Waals surface area contributed by atoms with E-state index in [0.29, 0.717) is 13.1 Å². The van der Waals surface area contributed by atoms with Gasteiger partial charge in [0.25, 0.3) is 0 Å². The third-order valence-corrected chi connectivity index (χ3v) is 2.07. The van der Waals surface area contributed by atoms with Crippen molar-refractivity contribution < 1.29 is 5.11 Å². The monoisotopic (exact) mass is 140 g/mol. The van der Waals surface area contributed by atoms with Crippen LogP contribution in [0, 0.1) is 17.2 Å². The zero-order valence-corrected chi connectivity index (χ0v) is 6.09. The van der Waals surface area contributed by atoms with Crippen LogP contribution in [0.15, 0.2) is 0 Å². The summed E-state index contributed by atoms with van der Waals surface area (Å²) in [6.45, 7) is 3.06. The van der Waals surface area contributed by atoms with Crippen molar-refractivity contribution in [3.8, 4) is 6.07 Å². The molecule has 0 aromatic heterocycles. The minimum Gasteiger partial charge on any atom is -0.386 e. The third kappa shape index (κ3) is 1.00. The molecule has 1 fully saturated rings. The highest BCUT2D eigenvalue weighted by Gasteiger charge is 2.41. The number of rotatable bonds is 2. The number of hydrogen-bond acceptors (Lipinski definition) is 3. The summed E-state index contributed by atoms with van der Waals surface area (Å²) in [5.41, 5.74) is -0.733. The predicted octanol–water partition coefficient (Wildman–Crippen LogP) is -0.130. The maximum Gasteiger partial charge on any atom is 0.105 e. The van der Waals surface area contributed by atoms with Gasteiger partial charge in [-0.1, -0.05) is 6.92 Å². The summed E-state index contributed by atoms with van der Waals surface area (Å²) in [5.74, 6) is -0.200.